The Bertz CT molecular complexity index is 631. The number of carbonyl (C=O) groups excluding carboxylic acids is 1. The Morgan fingerprint density at radius 3 is 2.50 bits per heavy atom. The van der Waals surface area contributed by atoms with E-state index in [9.17, 15) is 14.9 Å². The van der Waals surface area contributed by atoms with Crippen molar-refractivity contribution in [2.45, 2.75) is 25.7 Å². The van der Waals surface area contributed by atoms with E-state index >= 15 is 0 Å². The number of nitro groups is 1. The van der Waals surface area contributed by atoms with Gasteiger partial charge in [0.15, 0.2) is 5.75 Å². The van der Waals surface area contributed by atoms with E-state index in [1.165, 1.54) is 38.2 Å². The van der Waals surface area contributed by atoms with Gasteiger partial charge in [0, 0.05) is 30.8 Å². The van der Waals surface area contributed by atoms with Crippen LogP contribution in [-0.2, 0) is 0 Å². The lowest BCUT2D eigenvalue weighted by Crippen LogP contribution is -2.47. The molecule has 0 aliphatic carbocycles. The van der Waals surface area contributed by atoms with Crippen LogP contribution in [0.2, 0.25) is 0 Å². The molecule has 1 N–H and O–H groups in total. The summed E-state index contributed by atoms with van der Waals surface area (Å²) in [6.45, 7) is 3.62. The number of amides is 1. The molecule has 7 nitrogen and oxygen atoms in total. The summed E-state index contributed by atoms with van der Waals surface area (Å²) in [7, 11) is 1.37. The van der Waals surface area contributed by atoms with Gasteiger partial charge in [-0.05, 0) is 50.3 Å². The zero-order valence-corrected chi connectivity index (χ0v) is 13.9. The summed E-state index contributed by atoms with van der Waals surface area (Å²) in [4.78, 5) is 25.0. The molecule has 0 bridgehead atoms. The Labute approximate surface area is 141 Å². The van der Waals surface area contributed by atoms with E-state index in [1.807, 2.05) is 4.90 Å². The first-order valence-electron chi connectivity index (χ1n) is 8.37. The molecule has 130 valence electrons. The molecule has 2 aliphatic rings. The van der Waals surface area contributed by atoms with Crippen LogP contribution >= 0.6 is 0 Å². The normalized spacial score (nSPS) is 20.0. The molecule has 1 aromatic carbocycles. The van der Waals surface area contributed by atoms with Gasteiger partial charge < -0.3 is 15.0 Å². The maximum Gasteiger partial charge on any atom is 0.310 e. The molecule has 2 aliphatic heterocycles. The van der Waals surface area contributed by atoms with E-state index in [4.69, 9.17) is 4.74 Å². The van der Waals surface area contributed by atoms with Gasteiger partial charge in [0.2, 0.25) is 0 Å². The number of ether oxygens (including phenoxy) is 1. The van der Waals surface area contributed by atoms with Crippen LogP contribution in [0.25, 0.3) is 0 Å². The number of carbonyl (C=O) groups is 1. The third-order valence-electron chi connectivity index (χ3n) is 5.40. The van der Waals surface area contributed by atoms with Gasteiger partial charge in [-0.15, -0.1) is 0 Å². The minimum atomic E-state index is -0.505. The fourth-order valence-corrected chi connectivity index (χ4v) is 3.79. The summed E-state index contributed by atoms with van der Waals surface area (Å²) in [5.41, 5.74) is 0.704. The number of rotatable bonds is 3. The summed E-state index contributed by atoms with van der Waals surface area (Å²) < 4.78 is 5.06. The summed E-state index contributed by atoms with van der Waals surface area (Å²) in [6.07, 6.45) is 4.43. The molecule has 1 amide bonds. The second-order valence-electron chi connectivity index (χ2n) is 6.69. The molecule has 24 heavy (non-hydrogen) atoms. The van der Waals surface area contributed by atoms with Crippen LogP contribution in [0.15, 0.2) is 18.2 Å². The molecule has 2 heterocycles. The van der Waals surface area contributed by atoms with Crippen molar-refractivity contribution in [3.8, 4) is 5.75 Å². The first kappa shape index (κ1) is 16.7. The van der Waals surface area contributed by atoms with E-state index in [0.717, 1.165) is 39.0 Å². The van der Waals surface area contributed by atoms with Gasteiger partial charge in [-0.2, -0.15) is 0 Å². The lowest BCUT2D eigenvalue weighted by molar-refractivity contribution is -0.385. The Kier molecular flexibility index (Phi) is 4.71. The zero-order valence-electron chi connectivity index (χ0n) is 13.9. The highest BCUT2D eigenvalue weighted by Gasteiger charge is 2.37. The number of methoxy groups -OCH3 is 1. The number of nitrogens with zero attached hydrogens (tertiary/aromatic N) is 2. The topological polar surface area (TPSA) is 84.7 Å². The summed E-state index contributed by atoms with van der Waals surface area (Å²) in [6, 6.07) is 4.32. The average molecular weight is 333 g/mol. The molecule has 0 atom stereocenters. The van der Waals surface area contributed by atoms with Crippen LogP contribution in [0.3, 0.4) is 0 Å². The van der Waals surface area contributed by atoms with E-state index in [2.05, 4.69) is 5.32 Å². The Morgan fingerprint density at radius 2 is 1.92 bits per heavy atom. The number of benzene rings is 1. The highest BCUT2D eigenvalue weighted by molar-refractivity contribution is 5.95. The smallest absolute Gasteiger partial charge is 0.310 e. The van der Waals surface area contributed by atoms with Gasteiger partial charge in [0.25, 0.3) is 5.91 Å². The van der Waals surface area contributed by atoms with Crippen molar-refractivity contribution in [1.82, 2.24) is 10.2 Å². The second-order valence-corrected chi connectivity index (χ2v) is 6.69. The summed E-state index contributed by atoms with van der Waals surface area (Å²) >= 11 is 0. The van der Waals surface area contributed by atoms with Gasteiger partial charge in [0.1, 0.15) is 0 Å². The molecule has 2 fully saturated rings. The van der Waals surface area contributed by atoms with Crippen LogP contribution in [-0.4, -0.2) is 49.0 Å². The predicted octanol–water partition coefficient (Wildman–Crippen LogP) is 2.21. The van der Waals surface area contributed by atoms with Gasteiger partial charge in [-0.1, -0.05) is 0 Å². The van der Waals surface area contributed by atoms with Crippen LogP contribution in [0.4, 0.5) is 5.69 Å². The van der Waals surface area contributed by atoms with Crippen LogP contribution in [0.1, 0.15) is 36.0 Å². The van der Waals surface area contributed by atoms with Crippen molar-refractivity contribution in [2.75, 3.05) is 33.3 Å². The summed E-state index contributed by atoms with van der Waals surface area (Å²) in [5.74, 6) is 0.0460. The average Bonchev–Trinajstić information content (AvgIpc) is 2.62. The monoisotopic (exact) mass is 333 g/mol. The molecule has 3 rings (SSSR count). The standard InChI is InChI=1S/C17H23N3O4/c1-24-15-12-13(2-3-14(15)20(22)23)16(21)19-10-6-17(7-11-19)4-8-18-9-5-17/h2-3,12,18H,4-11H2,1H3. The van der Waals surface area contributed by atoms with Crippen molar-refractivity contribution >= 4 is 11.6 Å². The minimum absolute atomic E-state index is 0.0769. The number of hydrogen-bond donors (Lipinski definition) is 1. The van der Waals surface area contributed by atoms with Crippen molar-refractivity contribution in [3.05, 3.63) is 33.9 Å². The lowest BCUT2D eigenvalue weighted by Gasteiger charge is -2.44. The van der Waals surface area contributed by atoms with E-state index < -0.39 is 4.92 Å². The Morgan fingerprint density at radius 1 is 1.25 bits per heavy atom. The molecular weight excluding hydrogens is 310 g/mol. The van der Waals surface area contributed by atoms with Crippen molar-refractivity contribution < 1.29 is 14.5 Å². The third-order valence-corrected chi connectivity index (χ3v) is 5.40. The van der Waals surface area contributed by atoms with Gasteiger partial charge in [0.05, 0.1) is 12.0 Å². The molecular formula is C17H23N3O4. The second kappa shape index (κ2) is 6.76. The SMILES string of the molecule is COc1cc(C(=O)N2CCC3(CCNCC3)CC2)ccc1[N+](=O)[O-]. The minimum Gasteiger partial charge on any atom is -0.490 e. The number of piperidine rings is 2. The van der Waals surface area contributed by atoms with Crippen LogP contribution in [0.5, 0.6) is 5.75 Å². The summed E-state index contributed by atoms with van der Waals surface area (Å²) in [5, 5.41) is 14.4. The Balaban J connectivity index is 1.70. The number of nitrogens with one attached hydrogen (secondary N) is 1. The zero-order chi connectivity index (χ0) is 17.2. The van der Waals surface area contributed by atoms with Crippen LogP contribution in [0, 0.1) is 15.5 Å². The van der Waals surface area contributed by atoms with E-state index in [1.54, 1.807) is 0 Å². The lowest BCUT2D eigenvalue weighted by atomic mass is 9.71. The maximum absolute atomic E-state index is 12.7. The number of likely N-dealkylation sites (tertiary alicyclic amines) is 1. The molecule has 0 unspecified atom stereocenters. The number of nitro benzene ring substituents is 1. The quantitative estimate of drug-likeness (QED) is 0.677. The van der Waals surface area contributed by atoms with Crippen molar-refractivity contribution in [2.24, 2.45) is 5.41 Å². The van der Waals surface area contributed by atoms with E-state index in [0.29, 0.717) is 11.0 Å². The van der Waals surface area contributed by atoms with Gasteiger partial charge in [-0.3, -0.25) is 14.9 Å². The van der Waals surface area contributed by atoms with Gasteiger partial charge >= 0.3 is 5.69 Å². The van der Waals surface area contributed by atoms with Gasteiger partial charge in [-0.25, -0.2) is 0 Å². The molecule has 0 aromatic heterocycles. The first-order chi connectivity index (χ1) is 11.5. The van der Waals surface area contributed by atoms with Crippen molar-refractivity contribution in [3.63, 3.8) is 0 Å². The van der Waals surface area contributed by atoms with Crippen LogP contribution < -0.4 is 10.1 Å². The molecule has 1 spiro atoms. The molecule has 0 saturated carbocycles. The fourth-order valence-electron chi connectivity index (χ4n) is 3.79. The van der Waals surface area contributed by atoms with E-state index in [-0.39, 0.29) is 17.3 Å². The fraction of sp³-hybridized carbons (Fsp3) is 0.588. The van der Waals surface area contributed by atoms with Crippen molar-refractivity contribution in [1.29, 1.82) is 0 Å². The molecule has 2 saturated heterocycles. The largest absolute Gasteiger partial charge is 0.490 e. The Hall–Kier alpha value is -2.15. The maximum atomic E-state index is 12.7. The molecule has 0 radical (unpaired) electrons. The predicted molar refractivity (Wildman–Crippen MR) is 89.3 cm³/mol. The third kappa shape index (κ3) is 3.21. The first-order valence-corrected chi connectivity index (χ1v) is 8.37. The highest BCUT2D eigenvalue weighted by atomic mass is 16.6. The number of hydrogen-bond acceptors (Lipinski definition) is 5. The molecule has 7 heteroatoms. The highest BCUT2D eigenvalue weighted by Crippen LogP contribution is 2.40. The molecule has 1 aromatic rings.